The zero-order chi connectivity index (χ0) is 22.3. The summed E-state index contributed by atoms with van der Waals surface area (Å²) in [6.45, 7) is 9.35. The van der Waals surface area contributed by atoms with Gasteiger partial charge >= 0.3 is 0 Å². The molecule has 4 rings (SSSR count). The first-order valence-electron chi connectivity index (χ1n) is 12.2. The van der Waals surface area contributed by atoms with Crippen molar-refractivity contribution in [1.29, 1.82) is 0 Å². The normalized spacial score (nSPS) is 14.6. The van der Waals surface area contributed by atoms with Crippen LogP contribution in [0.3, 0.4) is 0 Å². The number of benzene rings is 3. The summed E-state index contributed by atoms with van der Waals surface area (Å²) in [5.74, 6) is 0.132. The predicted octanol–water partition coefficient (Wildman–Crippen LogP) is 6.37. The van der Waals surface area contributed by atoms with E-state index in [0.29, 0.717) is 6.54 Å². The molecule has 0 aliphatic carbocycles. The number of fused-ring (bicyclic) bond motifs is 1. The van der Waals surface area contributed by atoms with E-state index in [1.54, 1.807) is 0 Å². The lowest BCUT2D eigenvalue weighted by Crippen LogP contribution is -2.33. The van der Waals surface area contributed by atoms with Gasteiger partial charge in [0.15, 0.2) is 0 Å². The van der Waals surface area contributed by atoms with Crippen molar-refractivity contribution < 1.29 is 4.79 Å². The number of carbonyl (C=O) groups is 1. The summed E-state index contributed by atoms with van der Waals surface area (Å²) in [6.07, 6.45) is 6.23. The van der Waals surface area contributed by atoms with E-state index in [9.17, 15) is 4.79 Å². The standard InChI is InChI=1S/C29H36N2O/c1-23-18-24(2)20-25(19-23)22-31(17-9-8-16-30-14-6-3-7-15-30)29(32)28-13-12-26-10-4-5-11-27(26)21-28/h4-5,10-13,18-21H,3,6-9,14-17,22H2,1-2H3. The van der Waals surface area contributed by atoms with Gasteiger partial charge in [0.2, 0.25) is 0 Å². The average Bonchev–Trinajstić information content (AvgIpc) is 2.80. The van der Waals surface area contributed by atoms with Gasteiger partial charge in [-0.1, -0.05) is 66.1 Å². The molecule has 3 heteroatoms. The second-order valence-corrected chi connectivity index (χ2v) is 9.39. The van der Waals surface area contributed by atoms with E-state index in [2.05, 4.69) is 60.0 Å². The van der Waals surface area contributed by atoms with Crippen molar-refractivity contribution >= 4 is 16.7 Å². The Kier molecular flexibility index (Phi) is 7.59. The minimum Gasteiger partial charge on any atom is -0.334 e. The van der Waals surface area contributed by atoms with Gasteiger partial charge in [-0.2, -0.15) is 0 Å². The Morgan fingerprint density at radius 2 is 1.56 bits per heavy atom. The SMILES string of the molecule is Cc1cc(C)cc(CN(CCCCN2CCCCC2)C(=O)c2ccc3ccccc3c2)c1. The van der Waals surface area contributed by atoms with Gasteiger partial charge in [0.05, 0.1) is 0 Å². The number of hydrogen-bond donors (Lipinski definition) is 0. The molecule has 32 heavy (non-hydrogen) atoms. The first-order chi connectivity index (χ1) is 15.6. The van der Waals surface area contributed by atoms with Crippen molar-refractivity contribution in [3.05, 3.63) is 82.9 Å². The highest BCUT2D eigenvalue weighted by Crippen LogP contribution is 2.19. The largest absolute Gasteiger partial charge is 0.334 e. The number of nitrogens with zero attached hydrogens (tertiary/aromatic N) is 2. The molecule has 168 valence electrons. The fraction of sp³-hybridized carbons (Fsp3) is 0.414. The molecule has 3 nitrogen and oxygen atoms in total. The lowest BCUT2D eigenvalue weighted by atomic mass is 10.0. The summed E-state index contributed by atoms with van der Waals surface area (Å²) in [4.78, 5) is 18.2. The molecule has 3 aromatic carbocycles. The summed E-state index contributed by atoms with van der Waals surface area (Å²) in [5, 5.41) is 2.29. The van der Waals surface area contributed by atoms with Crippen molar-refractivity contribution in [3.63, 3.8) is 0 Å². The van der Waals surface area contributed by atoms with Gasteiger partial charge in [0, 0.05) is 18.7 Å². The number of likely N-dealkylation sites (tertiary alicyclic amines) is 1. The van der Waals surface area contributed by atoms with Gasteiger partial charge < -0.3 is 9.80 Å². The van der Waals surface area contributed by atoms with Crippen molar-refractivity contribution in [2.75, 3.05) is 26.2 Å². The molecule has 0 atom stereocenters. The van der Waals surface area contributed by atoms with Gasteiger partial charge in [-0.3, -0.25) is 4.79 Å². The number of carbonyl (C=O) groups excluding carboxylic acids is 1. The zero-order valence-electron chi connectivity index (χ0n) is 19.6. The number of unbranched alkanes of at least 4 members (excludes halogenated alkanes) is 1. The Hall–Kier alpha value is -2.65. The van der Waals surface area contributed by atoms with Crippen LogP contribution in [-0.4, -0.2) is 41.9 Å². The van der Waals surface area contributed by atoms with Crippen molar-refractivity contribution in [2.24, 2.45) is 0 Å². The van der Waals surface area contributed by atoms with Crippen LogP contribution in [0.5, 0.6) is 0 Å². The van der Waals surface area contributed by atoms with Gasteiger partial charge in [-0.25, -0.2) is 0 Å². The van der Waals surface area contributed by atoms with Crippen molar-refractivity contribution in [3.8, 4) is 0 Å². The Labute approximate surface area is 193 Å². The number of piperidine rings is 1. The Bertz CT molecular complexity index is 1030. The summed E-state index contributed by atoms with van der Waals surface area (Å²) in [6, 6.07) is 20.9. The highest BCUT2D eigenvalue weighted by atomic mass is 16.2. The molecule has 3 aromatic rings. The highest BCUT2D eigenvalue weighted by Gasteiger charge is 2.17. The molecule has 0 saturated carbocycles. The molecule has 1 saturated heterocycles. The molecule has 1 heterocycles. The van der Waals surface area contributed by atoms with E-state index in [-0.39, 0.29) is 5.91 Å². The Morgan fingerprint density at radius 1 is 0.844 bits per heavy atom. The summed E-state index contributed by atoms with van der Waals surface area (Å²) in [7, 11) is 0. The molecule has 0 bridgehead atoms. The smallest absolute Gasteiger partial charge is 0.254 e. The number of aryl methyl sites for hydroxylation is 2. The third-order valence-electron chi connectivity index (χ3n) is 6.54. The van der Waals surface area contributed by atoms with Gasteiger partial charge in [-0.15, -0.1) is 0 Å². The van der Waals surface area contributed by atoms with Crippen LogP contribution in [0, 0.1) is 13.8 Å². The fourth-order valence-corrected chi connectivity index (χ4v) is 4.96. The maximum atomic E-state index is 13.6. The molecule has 0 radical (unpaired) electrons. The van der Waals surface area contributed by atoms with Crippen LogP contribution in [0.25, 0.3) is 10.8 Å². The van der Waals surface area contributed by atoms with Crippen molar-refractivity contribution in [1.82, 2.24) is 9.80 Å². The van der Waals surface area contributed by atoms with Crippen LogP contribution in [-0.2, 0) is 6.54 Å². The minimum atomic E-state index is 0.132. The van der Waals surface area contributed by atoms with Gasteiger partial charge in [0.25, 0.3) is 5.91 Å². The third-order valence-corrected chi connectivity index (χ3v) is 6.54. The Morgan fingerprint density at radius 3 is 2.31 bits per heavy atom. The van der Waals surface area contributed by atoms with Crippen LogP contribution in [0.15, 0.2) is 60.7 Å². The summed E-state index contributed by atoms with van der Waals surface area (Å²) < 4.78 is 0. The number of hydrogen-bond acceptors (Lipinski definition) is 2. The summed E-state index contributed by atoms with van der Waals surface area (Å²) in [5.41, 5.74) is 4.50. The quantitative estimate of drug-likeness (QED) is 0.390. The van der Waals surface area contributed by atoms with Crippen LogP contribution < -0.4 is 0 Å². The molecule has 0 unspecified atom stereocenters. The summed E-state index contributed by atoms with van der Waals surface area (Å²) >= 11 is 0. The van der Waals surface area contributed by atoms with Gasteiger partial charge in [0.1, 0.15) is 0 Å². The maximum Gasteiger partial charge on any atom is 0.254 e. The molecule has 0 spiro atoms. The van der Waals surface area contributed by atoms with E-state index in [1.165, 1.54) is 54.4 Å². The average molecular weight is 429 g/mol. The lowest BCUT2D eigenvalue weighted by molar-refractivity contribution is 0.0738. The van der Waals surface area contributed by atoms with Crippen LogP contribution in [0.2, 0.25) is 0 Å². The topological polar surface area (TPSA) is 23.6 Å². The molecule has 0 aromatic heterocycles. The fourth-order valence-electron chi connectivity index (χ4n) is 4.96. The second kappa shape index (κ2) is 10.8. The maximum absolute atomic E-state index is 13.6. The first kappa shape index (κ1) is 22.5. The third kappa shape index (κ3) is 5.98. The van der Waals surface area contributed by atoms with Crippen LogP contribution in [0.1, 0.15) is 59.2 Å². The molecular weight excluding hydrogens is 392 g/mol. The first-order valence-corrected chi connectivity index (χ1v) is 12.2. The highest BCUT2D eigenvalue weighted by molar-refractivity contribution is 5.98. The zero-order valence-corrected chi connectivity index (χ0v) is 19.6. The van der Waals surface area contributed by atoms with E-state index in [4.69, 9.17) is 0 Å². The number of amides is 1. The van der Waals surface area contributed by atoms with Crippen LogP contribution in [0.4, 0.5) is 0 Å². The molecule has 0 N–H and O–H groups in total. The lowest BCUT2D eigenvalue weighted by Gasteiger charge is -2.27. The van der Waals surface area contributed by atoms with E-state index in [0.717, 1.165) is 36.9 Å². The number of rotatable bonds is 8. The van der Waals surface area contributed by atoms with E-state index in [1.807, 2.05) is 24.3 Å². The molecule has 1 aliphatic rings. The predicted molar refractivity (Wildman–Crippen MR) is 134 cm³/mol. The van der Waals surface area contributed by atoms with Crippen LogP contribution >= 0.6 is 0 Å². The second-order valence-electron chi connectivity index (χ2n) is 9.39. The van der Waals surface area contributed by atoms with E-state index < -0.39 is 0 Å². The molecule has 1 amide bonds. The van der Waals surface area contributed by atoms with Gasteiger partial charge in [-0.05, 0) is 87.6 Å². The minimum absolute atomic E-state index is 0.132. The Balaban J connectivity index is 1.47. The molecule has 1 fully saturated rings. The molecule has 1 aliphatic heterocycles. The van der Waals surface area contributed by atoms with Crippen molar-refractivity contribution in [2.45, 2.75) is 52.5 Å². The molecular formula is C29H36N2O. The monoisotopic (exact) mass is 428 g/mol. The van der Waals surface area contributed by atoms with E-state index >= 15 is 0 Å².